The first-order valence-corrected chi connectivity index (χ1v) is 5.41. The second-order valence-corrected chi connectivity index (χ2v) is 3.88. The van der Waals surface area contributed by atoms with Gasteiger partial charge in [-0.15, -0.1) is 0 Å². The molecule has 0 atom stereocenters. The third-order valence-corrected chi connectivity index (χ3v) is 2.60. The summed E-state index contributed by atoms with van der Waals surface area (Å²) in [6, 6.07) is 9.28. The molecule has 5 heteroatoms. The molecular formula is C9H13NO3S. The number of aliphatic hydroxyl groups excluding tert-OH is 1. The molecule has 4 nitrogen and oxygen atoms in total. The highest BCUT2D eigenvalue weighted by Crippen LogP contribution is 2.03. The fourth-order valence-corrected chi connectivity index (χ4v) is 1.66. The predicted molar refractivity (Wildman–Crippen MR) is 54.3 cm³/mol. The van der Waals surface area contributed by atoms with Crippen molar-refractivity contribution in [3.05, 3.63) is 35.9 Å². The quantitative estimate of drug-likeness (QED) is 0.680. The molecule has 0 saturated heterocycles. The van der Waals surface area contributed by atoms with Crippen molar-refractivity contribution in [3.63, 3.8) is 0 Å². The smallest absolute Gasteiger partial charge is 0.204 e. The van der Waals surface area contributed by atoms with Crippen molar-refractivity contribution in [3.8, 4) is 0 Å². The Balaban J connectivity index is 2.65. The van der Waals surface area contributed by atoms with E-state index >= 15 is 0 Å². The molecule has 0 bridgehead atoms. The lowest BCUT2D eigenvalue weighted by atomic mass is 10.2. The molecule has 14 heavy (non-hydrogen) atoms. The van der Waals surface area contributed by atoms with E-state index in [1.54, 1.807) is 0 Å². The van der Waals surface area contributed by atoms with E-state index in [1.807, 2.05) is 30.3 Å². The lowest BCUT2D eigenvalue weighted by molar-refractivity contribution is 0.254. The Labute approximate surface area is 84.9 Å². The average Bonchev–Trinajstić information content (AvgIpc) is 2.18. The van der Waals surface area contributed by atoms with Crippen LogP contribution < -0.4 is 0 Å². The number of hydrogen-bond donors (Lipinski definition) is 2. The van der Waals surface area contributed by atoms with Crippen LogP contribution in [0, 0.1) is 0 Å². The second kappa shape index (κ2) is 5.74. The van der Waals surface area contributed by atoms with E-state index in [9.17, 15) is 8.42 Å². The zero-order valence-corrected chi connectivity index (χ0v) is 8.56. The number of benzene rings is 1. The Morgan fingerprint density at radius 3 is 2.36 bits per heavy atom. The lowest BCUT2D eigenvalue weighted by Gasteiger charge is -2.13. The Kier molecular flexibility index (Phi) is 4.58. The van der Waals surface area contributed by atoms with Crippen LogP contribution in [0.4, 0.5) is 0 Å². The number of rotatable bonds is 5. The first-order valence-electron chi connectivity index (χ1n) is 4.28. The Bertz CT molecular complexity index is 329. The molecule has 0 spiro atoms. The van der Waals surface area contributed by atoms with Gasteiger partial charge in [0.1, 0.15) is 0 Å². The van der Waals surface area contributed by atoms with Gasteiger partial charge in [0.25, 0.3) is 0 Å². The zero-order chi connectivity index (χ0) is 10.4. The lowest BCUT2D eigenvalue weighted by Crippen LogP contribution is -2.24. The summed E-state index contributed by atoms with van der Waals surface area (Å²) in [6.07, 6.45) is 0. The molecule has 78 valence electrons. The maximum absolute atomic E-state index is 10.7. The van der Waals surface area contributed by atoms with E-state index in [2.05, 4.69) is 0 Å². The number of nitrogens with zero attached hydrogens (tertiary/aromatic N) is 1. The van der Waals surface area contributed by atoms with Crippen molar-refractivity contribution in [1.29, 1.82) is 0 Å². The molecule has 0 saturated carbocycles. The summed E-state index contributed by atoms with van der Waals surface area (Å²) in [5.41, 5.74) is 0.917. The van der Waals surface area contributed by atoms with Crippen LogP contribution in [0.5, 0.6) is 0 Å². The second-order valence-electron chi connectivity index (χ2n) is 2.84. The van der Waals surface area contributed by atoms with E-state index in [0.29, 0.717) is 6.54 Å². The van der Waals surface area contributed by atoms with Gasteiger partial charge in [-0.2, -0.15) is 4.31 Å². The van der Waals surface area contributed by atoms with Gasteiger partial charge in [-0.1, -0.05) is 30.3 Å². The van der Waals surface area contributed by atoms with Crippen LogP contribution in [0.25, 0.3) is 0 Å². The molecule has 1 aromatic rings. The number of aliphatic hydroxyl groups is 1. The molecule has 0 aliphatic heterocycles. The predicted octanol–water partition coefficient (Wildman–Crippen LogP) is 0.00730. The monoisotopic (exact) mass is 215 g/mol. The van der Waals surface area contributed by atoms with Crippen molar-refractivity contribution in [1.82, 2.24) is 4.31 Å². The van der Waals surface area contributed by atoms with Crippen LogP contribution in [0.2, 0.25) is 0 Å². The van der Waals surface area contributed by atoms with Crippen LogP contribution in [0.1, 0.15) is 5.56 Å². The zero-order valence-electron chi connectivity index (χ0n) is 7.67. The molecule has 1 N–H and O–H groups in total. The standard InChI is InChI=1S/C9H13NO3S/c11-7-6-10(14(12)13)8-9-4-2-1-3-5-9/h1-5,11,14H,6-8H2. The fourth-order valence-electron chi connectivity index (χ4n) is 1.13. The highest BCUT2D eigenvalue weighted by Gasteiger charge is 2.06. The van der Waals surface area contributed by atoms with Crippen molar-refractivity contribution in [2.24, 2.45) is 0 Å². The van der Waals surface area contributed by atoms with Crippen LogP contribution in [0.15, 0.2) is 30.3 Å². The van der Waals surface area contributed by atoms with Crippen molar-refractivity contribution < 1.29 is 13.5 Å². The topological polar surface area (TPSA) is 57.6 Å². The molecule has 0 aliphatic rings. The van der Waals surface area contributed by atoms with Crippen LogP contribution in [0.3, 0.4) is 0 Å². The molecule has 1 aromatic carbocycles. The Hall–Kier alpha value is -0.910. The highest BCUT2D eigenvalue weighted by molar-refractivity contribution is 7.69. The average molecular weight is 215 g/mol. The molecule has 0 heterocycles. The van der Waals surface area contributed by atoms with Gasteiger partial charge < -0.3 is 5.11 Å². The Morgan fingerprint density at radius 1 is 1.21 bits per heavy atom. The van der Waals surface area contributed by atoms with Gasteiger partial charge in [0, 0.05) is 13.1 Å². The summed E-state index contributed by atoms with van der Waals surface area (Å²) in [6.45, 7) is 0.309. The van der Waals surface area contributed by atoms with Gasteiger partial charge in [-0.25, -0.2) is 8.42 Å². The molecule has 0 radical (unpaired) electrons. The molecule has 0 unspecified atom stereocenters. The minimum Gasteiger partial charge on any atom is -0.395 e. The third-order valence-electron chi connectivity index (χ3n) is 1.80. The van der Waals surface area contributed by atoms with Gasteiger partial charge in [0.05, 0.1) is 6.61 Å². The van der Waals surface area contributed by atoms with E-state index in [4.69, 9.17) is 5.11 Å². The molecule has 0 aliphatic carbocycles. The Morgan fingerprint density at radius 2 is 1.86 bits per heavy atom. The van der Waals surface area contributed by atoms with E-state index in [-0.39, 0.29) is 13.2 Å². The maximum Gasteiger partial charge on any atom is 0.204 e. The first kappa shape index (κ1) is 11.2. The maximum atomic E-state index is 10.7. The molecular weight excluding hydrogens is 202 g/mol. The summed E-state index contributed by atoms with van der Waals surface area (Å²) in [5.74, 6) is 0. The SMILES string of the molecule is O=[SH](=O)N(CCO)Cc1ccccc1. The van der Waals surface area contributed by atoms with E-state index in [1.165, 1.54) is 4.31 Å². The third kappa shape index (κ3) is 3.45. The summed E-state index contributed by atoms with van der Waals surface area (Å²) < 4.78 is 22.7. The van der Waals surface area contributed by atoms with E-state index < -0.39 is 10.9 Å². The minimum atomic E-state index is -2.62. The summed E-state index contributed by atoms with van der Waals surface area (Å²) >= 11 is 0. The van der Waals surface area contributed by atoms with Crippen molar-refractivity contribution in [2.75, 3.05) is 13.2 Å². The summed E-state index contributed by atoms with van der Waals surface area (Å²) in [7, 11) is -2.62. The fraction of sp³-hybridized carbons (Fsp3) is 0.333. The number of hydrogen-bond acceptors (Lipinski definition) is 3. The van der Waals surface area contributed by atoms with Gasteiger partial charge in [-0.05, 0) is 5.56 Å². The summed E-state index contributed by atoms with van der Waals surface area (Å²) in [4.78, 5) is 0. The van der Waals surface area contributed by atoms with Gasteiger partial charge >= 0.3 is 0 Å². The largest absolute Gasteiger partial charge is 0.395 e. The minimum absolute atomic E-state index is 0.146. The van der Waals surface area contributed by atoms with Crippen molar-refractivity contribution >= 4 is 10.9 Å². The summed E-state index contributed by atoms with van der Waals surface area (Å²) in [5, 5.41) is 8.65. The van der Waals surface area contributed by atoms with Crippen LogP contribution in [-0.4, -0.2) is 31.0 Å². The number of thiol groups is 1. The molecule has 0 amide bonds. The van der Waals surface area contributed by atoms with Crippen LogP contribution >= 0.6 is 0 Å². The van der Waals surface area contributed by atoms with Crippen molar-refractivity contribution in [2.45, 2.75) is 6.54 Å². The van der Waals surface area contributed by atoms with Crippen LogP contribution in [-0.2, 0) is 17.4 Å². The normalized spacial score (nSPS) is 11.1. The van der Waals surface area contributed by atoms with E-state index in [0.717, 1.165) is 5.56 Å². The van der Waals surface area contributed by atoms with Gasteiger partial charge in [0.15, 0.2) is 0 Å². The molecule has 1 rings (SSSR count). The first-order chi connectivity index (χ1) is 6.74. The van der Waals surface area contributed by atoms with Gasteiger partial charge in [0.2, 0.25) is 10.9 Å². The molecule has 0 fully saturated rings. The molecule has 0 aromatic heterocycles. The highest BCUT2D eigenvalue weighted by atomic mass is 32.2. The van der Waals surface area contributed by atoms with Gasteiger partial charge in [-0.3, -0.25) is 0 Å².